The average Bonchev–Trinajstić information content (AvgIpc) is 2.84. The summed E-state index contributed by atoms with van der Waals surface area (Å²) in [5.41, 5.74) is 1.55. The van der Waals surface area contributed by atoms with E-state index in [9.17, 15) is 4.79 Å². The molecule has 0 saturated carbocycles. The quantitative estimate of drug-likeness (QED) is 0.779. The molecule has 0 spiro atoms. The van der Waals surface area contributed by atoms with E-state index in [1.54, 1.807) is 23.9 Å². The summed E-state index contributed by atoms with van der Waals surface area (Å²) in [7, 11) is 3.40. The molecular formula is C16H16N4O2. The monoisotopic (exact) mass is 296 g/mol. The lowest BCUT2D eigenvalue weighted by atomic mass is 10.2. The second kappa shape index (κ2) is 5.77. The molecule has 2 aromatic carbocycles. The summed E-state index contributed by atoms with van der Waals surface area (Å²) in [6.45, 7) is 0. The van der Waals surface area contributed by atoms with Crippen LogP contribution in [0, 0.1) is 0 Å². The van der Waals surface area contributed by atoms with Crippen LogP contribution in [-0.4, -0.2) is 22.9 Å². The van der Waals surface area contributed by atoms with E-state index in [1.165, 1.54) is 0 Å². The van der Waals surface area contributed by atoms with Crippen molar-refractivity contribution in [2.24, 2.45) is 7.05 Å². The second-order valence-corrected chi connectivity index (χ2v) is 4.77. The molecule has 3 rings (SSSR count). The van der Waals surface area contributed by atoms with Crippen LogP contribution in [0.2, 0.25) is 0 Å². The van der Waals surface area contributed by atoms with Crippen molar-refractivity contribution in [1.29, 1.82) is 0 Å². The molecule has 0 fully saturated rings. The van der Waals surface area contributed by atoms with Gasteiger partial charge in [-0.25, -0.2) is 4.79 Å². The van der Waals surface area contributed by atoms with Crippen LogP contribution in [0.3, 0.4) is 0 Å². The maximum absolute atomic E-state index is 12.2. The van der Waals surface area contributed by atoms with E-state index in [-0.39, 0.29) is 6.03 Å². The first-order chi connectivity index (χ1) is 10.7. The zero-order valence-electron chi connectivity index (χ0n) is 12.3. The van der Waals surface area contributed by atoms with E-state index >= 15 is 0 Å². The van der Waals surface area contributed by atoms with E-state index in [1.807, 2.05) is 43.4 Å². The topological polar surface area (TPSA) is 68.2 Å². The molecule has 0 radical (unpaired) electrons. The molecule has 2 amide bonds. The number of aromatic nitrogens is 2. The summed E-state index contributed by atoms with van der Waals surface area (Å²) in [5, 5.41) is 10.7. The van der Waals surface area contributed by atoms with Crippen molar-refractivity contribution >= 4 is 28.4 Å². The van der Waals surface area contributed by atoms with Gasteiger partial charge in [0.2, 0.25) is 0 Å². The normalized spacial score (nSPS) is 10.5. The van der Waals surface area contributed by atoms with Gasteiger partial charge in [-0.3, -0.25) is 10.00 Å². The standard InChI is InChI=1S/C16H16N4O2/c1-20-13-9-5-3-7-11(13)15(19-20)18-16(21)17-12-8-4-6-10-14(12)22-2/h3-10H,1-2H3,(H2,17,18,19,21). The van der Waals surface area contributed by atoms with Gasteiger partial charge in [0.15, 0.2) is 5.82 Å². The third-order valence-corrected chi connectivity index (χ3v) is 3.34. The van der Waals surface area contributed by atoms with Crippen LogP contribution in [0.25, 0.3) is 10.9 Å². The number of ether oxygens (including phenoxy) is 1. The van der Waals surface area contributed by atoms with Gasteiger partial charge in [0, 0.05) is 12.4 Å². The van der Waals surface area contributed by atoms with E-state index in [4.69, 9.17) is 4.74 Å². The van der Waals surface area contributed by atoms with Crippen LogP contribution in [0.5, 0.6) is 5.75 Å². The number of nitrogens with one attached hydrogen (secondary N) is 2. The number of para-hydroxylation sites is 3. The third kappa shape index (κ3) is 2.58. The fraction of sp³-hybridized carbons (Fsp3) is 0.125. The maximum atomic E-state index is 12.2. The molecule has 6 nitrogen and oxygen atoms in total. The number of carbonyl (C=O) groups is 1. The predicted molar refractivity (Wildman–Crippen MR) is 86.3 cm³/mol. The van der Waals surface area contributed by atoms with Crippen molar-refractivity contribution in [2.75, 3.05) is 17.7 Å². The highest BCUT2D eigenvalue weighted by molar-refractivity contribution is 6.05. The zero-order valence-corrected chi connectivity index (χ0v) is 12.3. The number of benzene rings is 2. The second-order valence-electron chi connectivity index (χ2n) is 4.77. The number of carbonyl (C=O) groups excluding carboxylic acids is 1. The molecular weight excluding hydrogens is 280 g/mol. The fourth-order valence-corrected chi connectivity index (χ4v) is 2.32. The van der Waals surface area contributed by atoms with Crippen molar-refractivity contribution in [3.05, 3.63) is 48.5 Å². The highest BCUT2D eigenvalue weighted by Crippen LogP contribution is 2.24. The largest absolute Gasteiger partial charge is 0.495 e. The van der Waals surface area contributed by atoms with Gasteiger partial charge in [-0.1, -0.05) is 24.3 Å². The van der Waals surface area contributed by atoms with Crippen molar-refractivity contribution in [3.8, 4) is 5.75 Å². The first-order valence-electron chi connectivity index (χ1n) is 6.82. The van der Waals surface area contributed by atoms with Gasteiger partial charge >= 0.3 is 6.03 Å². The lowest BCUT2D eigenvalue weighted by Gasteiger charge is -2.09. The van der Waals surface area contributed by atoms with Gasteiger partial charge in [-0.2, -0.15) is 5.10 Å². The molecule has 0 aliphatic heterocycles. The van der Waals surface area contributed by atoms with Gasteiger partial charge < -0.3 is 10.1 Å². The fourth-order valence-electron chi connectivity index (χ4n) is 2.32. The van der Waals surface area contributed by atoms with Crippen LogP contribution in [0.4, 0.5) is 16.3 Å². The first-order valence-corrected chi connectivity index (χ1v) is 6.82. The number of anilines is 2. The van der Waals surface area contributed by atoms with Gasteiger partial charge in [-0.15, -0.1) is 0 Å². The average molecular weight is 296 g/mol. The zero-order chi connectivity index (χ0) is 15.5. The molecule has 0 aliphatic carbocycles. The molecule has 0 bridgehead atoms. The smallest absolute Gasteiger partial charge is 0.325 e. The van der Waals surface area contributed by atoms with E-state index in [0.717, 1.165) is 10.9 Å². The molecule has 1 aromatic heterocycles. The summed E-state index contributed by atoms with van der Waals surface area (Å²) in [6, 6.07) is 14.6. The number of hydrogen-bond donors (Lipinski definition) is 2. The highest BCUT2D eigenvalue weighted by atomic mass is 16.5. The van der Waals surface area contributed by atoms with E-state index < -0.39 is 0 Å². The Balaban J connectivity index is 1.82. The number of urea groups is 1. The van der Waals surface area contributed by atoms with Crippen molar-refractivity contribution in [1.82, 2.24) is 9.78 Å². The van der Waals surface area contributed by atoms with Crippen molar-refractivity contribution in [3.63, 3.8) is 0 Å². The Kier molecular flexibility index (Phi) is 3.65. The number of nitrogens with zero attached hydrogens (tertiary/aromatic N) is 2. The molecule has 0 unspecified atom stereocenters. The van der Waals surface area contributed by atoms with Crippen molar-refractivity contribution in [2.45, 2.75) is 0 Å². The first kappa shape index (κ1) is 13.9. The molecule has 0 saturated heterocycles. The Morgan fingerprint density at radius 1 is 1.09 bits per heavy atom. The molecule has 0 aliphatic rings. The van der Waals surface area contributed by atoms with Crippen LogP contribution in [0.15, 0.2) is 48.5 Å². The van der Waals surface area contributed by atoms with Crippen LogP contribution >= 0.6 is 0 Å². The summed E-state index contributed by atoms with van der Waals surface area (Å²) in [5.74, 6) is 1.12. The Bertz CT molecular complexity index is 826. The molecule has 112 valence electrons. The number of fused-ring (bicyclic) bond motifs is 1. The van der Waals surface area contributed by atoms with Crippen LogP contribution in [-0.2, 0) is 7.05 Å². The van der Waals surface area contributed by atoms with E-state index in [0.29, 0.717) is 17.3 Å². The Morgan fingerprint density at radius 2 is 1.82 bits per heavy atom. The Labute approximate surface area is 127 Å². The third-order valence-electron chi connectivity index (χ3n) is 3.34. The lowest BCUT2D eigenvalue weighted by molar-refractivity contribution is 0.262. The minimum absolute atomic E-state index is 0.367. The van der Waals surface area contributed by atoms with Crippen LogP contribution in [0.1, 0.15) is 0 Å². The number of aryl methyl sites for hydroxylation is 1. The summed E-state index contributed by atoms with van der Waals surface area (Å²) in [4.78, 5) is 12.2. The number of rotatable bonds is 3. The molecule has 3 aromatic rings. The molecule has 6 heteroatoms. The summed E-state index contributed by atoms with van der Waals surface area (Å²) >= 11 is 0. The van der Waals surface area contributed by atoms with Crippen LogP contribution < -0.4 is 15.4 Å². The molecule has 1 heterocycles. The maximum Gasteiger partial charge on any atom is 0.325 e. The van der Waals surface area contributed by atoms with E-state index in [2.05, 4.69) is 15.7 Å². The Morgan fingerprint density at radius 3 is 2.64 bits per heavy atom. The minimum Gasteiger partial charge on any atom is -0.495 e. The van der Waals surface area contributed by atoms with Gasteiger partial charge in [-0.05, 0) is 24.3 Å². The minimum atomic E-state index is -0.367. The number of amides is 2. The molecule has 0 atom stereocenters. The predicted octanol–water partition coefficient (Wildman–Crippen LogP) is 3.23. The summed E-state index contributed by atoms with van der Waals surface area (Å²) in [6.07, 6.45) is 0. The highest BCUT2D eigenvalue weighted by Gasteiger charge is 2.12. The van der Waals surface area contributed by atoms with Gasteiger partial charge in [0.05, 0.1) is 18.3 Å². The number of methoxy groups -OCH3 is 1. The lowest BCUT2D eigenvalue weighted by Crippen LogP contribution is -2.20. The van der Waals surface area contributed by atoms with Crippen molar-refractivity contribution < 1.29 is 9.53 Å². The molecule has 2 N–H and O–H groups in total. The van der Waals surface area contributed by atoms with Gasteiger partial charge in [0.25, 0.3) is 0 Å². The SMILES string of the molecule is COc1ccccc1NC(=O)Nc1nn(C)c2ccccc12. The molecule has 22 heavy (non-hydrogen) atoms. The number of hydrogen-bond acceptors (Lipinski definition) is 3. The summed E-state index contributed by atoms with van der Waals surface area (Å²) < 4.78 is 6.94. The van der Waals surface area contributed by atoms with Gasteiger partial charge in [0.1, 0.15) is 5.75 Å². The Hall–Kier alpha value is -3.02.